The highest BCUT2D eigenvalue weighted by atomic mass is 16.6. The minimum absolute atomic E-state index is 0.00640. The SMILES string of the molecule is O=C(CCC(=O)N1CCOc2ccccc21)NNC(=O)C1COc2ccccc2O1. The van der Waals surface area contributed by atoms with E-state index in [0.29, 0.717) is 36.1 Å². The van der Waals surface area contributed by atoms with Crippen LogP contribution in [-0.4, -0.2) is 43.6 Å². The molecule has 0 saturated heterocycles. The third-order valence-corrected chi connectivity index (χ3v) is 4.72. The fourth-order valence-corrected chi connectivity index (χ4v) is 3.21. The van der Waals surface area contributed by atoms with Gasteiger partial charge < -0.3 is 19.1 Å². The Morgan fingerprint density at radius 2 is 1.63 bits per heavy atom. The summed E-state index contributed by atoms with van der Waals surface area (Å²) in [7, 11) is 0. The van der Waals surface area contributed by atoms with Crippen molar-refractivity contribution in [2.24, 2.45) is 0 Å². The molecule has 0 bridgehead atoms. The lowest BCUT2D eigenvalue weighted by molar-refractivity contribution is -0.135. The number of nitrogens with zero attached hydrogens (tertiary/aromatic N) is 1. The molecular weight excluding hydrogens is 390 g/mol. The van der Waals surface area contributed by atoms with E-state index in [1.165, 1.54) is 0 Å². The van der Waals surface area contributed by atoms with Gasteiger partial charge in [0.15, 0.2) is 11.5 Å². The van der Waals surface area contributed by atoms with E-state index in [1.54, 1.807) is 41.3 Å². The average molecular weight is 411 g/mol. The van der Waals surface area contributed by atoms with E-state index in [0.717, 1.165) is 0 Å². The summed E-state index contributed by atoms with van der Waals surface area (Å²) < 4.78 is 16.6. The molecule has 0 spiro atoms. The molecule has 30 heavy (non-hydrogen) atoms. The second kappa shape index (κ2) is 8.73. The number of hydrazine groups is 1. The van der Waals surface area contributed by atoms with Crippen molar-refractivity contribution in [1.29, 1.82) is 0 Å². The summed E-state index contributed by atoms with van der Waals surface area (Å²) in [5, 5.41) is 0. The predicted octanol–water partition coefficient (Wildman–Crippen LogP) is 1.18. The average Bonchev–Trinajstić information content (AvgIpc) is 2.80. The van der Waals surface area contributed by atoms with Gasteiger partial charge in [-0.05, 0) is 24.3 Å². The van der Waals surface area contributed by atoms with Crippen LogP contribution < -0.4 is 30.0 Å². The molecule has 9 nitrogen and oxygen atoms in total. The number of carbonyl (C=O) groups excluding carboxylic acids is 3. The van der Waals surface area contributed by atoms with Crippen molar-refractivity contribution in [2.45, 2.75) is 18.9 Å². The molecule has 2 aromatic carbocycles. The predicted molar refractivity (Wildman–Crippen MR) is 106 cm³/mol. The van der Waals surface area contributed by atoms with Gasteiger partial charge in [0.2, 0.25) is 17.9 Å². The standard InChI is InChI=1S/C21H21N3O6/c25-19(9-10-20(26)24-11-12-28-15-6-2-1-5-14(15)24)22-23-21(27)18-13-29-16-7-3-4-8-17(16)30-18/h1-8,18H,9-13H2,(H,22,25)(H,23,27). The summed E-state index contributed by atoms with van der Waals surface area (Å²) in [5.41, 5.74) is 5.32. The molecule has 1 atom stereocenters. The number of hydrogen-bond donors (Lipinski definition) is 2. The van der Waals surface area contributed by atoms with E-state index < -0.39 is 17.9 Å². The number of carbonyl (C=O) groups is 3. The number of para-hydroxylation sites is 4. The Labute approximate surface area is 172 Å². The molecule has 2 aliphatic rings. The van der Waals surface area contributed by atoms with Gasteiger partial charge in [0.1, 0.15) is 19.0 Å². The van der Waals surface area contributed by atoms with E-state index >= 15 is 0 Å². The second-order valence-electron chi connectivity index (χ2n) is 6.76. The van der Waals surface area contributed by atoms with Gasteiger partial charge in [0.05, 0.1) is 12.2 Å². The molecule has 9 heteroatoms. The highest BCUT2D eigenvalue weighted by Crippen LogP contribution is 2.32. The van der Waals surface area contributed by atoms with Crippen molar-refractivity contribution in [1.82, 2.24) is 10.9 Å². The van der Waals surface area contributed by atoms with Gasteiger partial charge in [-0.25, -0.2) is 0 Å². The van der Waals surface area contributed by atoms with Crippen LogP contribution in [0.25, 0.3) is 0 Å². The lowest BCUT2D eigenvalue weighted by Gasteiger charge is -2.29. The smallest absolute Gasteiger partial charge is 0.283 e. The normalized spacial score (nSPS) is 16.7. The summed E-state index contributed by atoms with van der Waals surface area (Å²) in [4.78, 5) is 38.4. The molecule has 0 radical (unpaired) electrons. The van der Waals surface area contributed by atoms with Crippen molar-refractivity contribution in [3.8, 4) is 17.2 Å². The Kier molecular flexibility index (Phi) is 5.69. The Morgan fingerprint density at radius 1 is 0.900 bits per heavy atom. The first-order chi connectivity index (χ1) is 14.6. The zero-order chi connectivity index (χ0) is 20.9. The lowest BCUT2D eigenvalue weighted by atomic mass is 10.2. The molecule has 0 aliphatic carbocycles. The highest BCUT2D eigenvalue weighted by Gasteiger charge is 2.28. The molecule has 2 heterocycles. The number of rotatable bonds is 4. The number of fused-ring (bicyclic) bond motifs is 2. The maximum atomic E-state index is 12.5. The lowest BCUT2D eigenvalue weighted by Crippen LogP contribution is -2.51. The summed E-state index contributed by atoms with van der Waals surface area (Å²) in [6, 6.07) is 14.3. The van der Waals surface area contributed by atoms with Gasteiger partial charge in [-0.2, -0.15) is 0 Å². The number of hydrogen-bond acceptors (Lipinski definition) is 6. The topological polar surface area (TPSA) is 106 Å². The second-order valence-corrected chi connectivity index (χ2v) is 6.76. The van der Waals surface area contributed by atoms with Gasteiger partial charge in [0.25, 0.3) is 5.91 Å². The molecule has 2 N–H and O–H groups in total. The van der Waals surface area contributed by atoms with E-state index in [9.17, 15) is 14.4 Å². The van der Waals surface area contributed by atoms with E-state index in [4.69, 9.17) is 14.2 Å². The van der Waals surface area contributed by atoms with Crippen LogP contribution in [0.15, 0.2) is 48.5 Å². The summed E-state index contributed by atoms with van der Waals surface area (Å²) >= 11 is 0. The van der Waals surface area contributed by atoms with Crippen LogP contribution in [0, 0.1) is 0 Å². The maximum Gasteiger partial charge on any atom is 0.283 e. The molecule has 4 rings (SSSR count). The molecule has 156 valence electrons. The third-order valence-electron chi connectivity index (χ3n) is 4.72. The van der Waals surface area contributed by atoms with E-state index in [2.05, 4.69) is 10.9 Å². The minimum Gasteiger partial charge on any atom is -0.490 e. The Balaban J connectivity index is 1.23. The van der Waals surface area contributed by atoms with Crippen molar-refractivity contribution in [2.75, 3.05) is 24.7 Å². The van der Waals surface area contributed by atoms with Gasteiger partial charge in [0, 0.05) is 12.8 Å². The molecule has 0 saturated carbocycles. The quantitative estimate of drug-likeness (QED) is 0.732. The zero-order valence-electron chi connectivity index (χ0n) is 16.1. The Bertz CT molecular complexity index is 963. The number of amides is 3. The molecule has 3 amide bonds. The van der Waals surface area contributed by atoms with Crippen molar-refractivity contribution in [3.05, 3.63) is 48.5 Å². The number of anilines is 1. The molecule has 0 fully saturated rings. The van der Waals surface area contributed by atoms with Gasteiger partial charge in [-0.1, -0.05) is 24.3 Å². The summed E-state index contributed by atoms with van der Waals surface area (Å²) in [6.07, 6.45) is -0.942. The molecular formula is C21H21N3O6. The Hall–Kier alpha value is -3.75. The number of benzene rings is 2. The fourth-order valence-electron chi connectivity index (χ4n) is 3.21. The number of ether oxygens (including phenoxy) is 3. The Morgan fingerprint density at radius 3 is 2.47 bits per heavy atom. The first-order valence-electron chi connectivity index (χ1n) is 9.61. The largest absolute Gasteiger partial charge is 0.490 e. The zero-order valence-corrected chi connectivity index (χ0v) is 16.1. The van der Waals surface area contributed by atoms with Crippen LogP contribution in [0.2, 0.25) is 0 Å². The first-order valence-corrected chi connectivity index (χ1v) is 9.61. The maximum absolute atomic E-state index is 12.5. The van der Waals surface area contributed by atoms with E-state index in [1.807, 2.05) is 12.1 Å². The van der Waals surface area contributed by atoms with Crippen molar-refractivity contribution < 1.29 is 28.6 Å². The molecule has 2 aromatic rings. The van der Waals surface area contributed by atoms with Crippen LogP contribution in [0.3, 0.4) is 0 Å². The summed E-state index contributed by atoms with van der Waals surface area (Å²) in [5.74, 6) is 0.472. The molecule has 1 unspecified atom stereocenters. The van der Waals surface area contributed by atoms with Crippen LogP contribution in [-0.2, 0) is 14.4 Å². The van der Waals surface area contributed by atoms with Crippen LogP contribution in [0.4, 0.5) is 5.69 Å². The fraction of sp³-hybridized carbons (Fsp3) is 0.286. The van der Waals surface area contributed by atoms with Crippen LogP contribution >= 0.6 is 0 Å². The van der Waals surface area contributed by atoms with Crippen LogP contribution in [0.5, 0.6) is 17.2 Å². The molecule has 2 aliphatic heterocycles. The van der Waals surface area contributed by atoms with Crippen molar-refractivity contribution >= 4 is 23.4 Å². The van der Waals surface area contributed by atoms with Gasteiger partial charge >= 0.3 is 0 Å². The van der Waals surface area contributed by atoms with Crippen molar-refractivity contribution in [3.63, 3.8) is 0 Å². The minimum atomic E-state index is -0.883. The van der Waals surface area contributed by atoms with Gasteiger partial charge in [-0.3, -0.25) is 25.2 Å². The third kappa shape index (κ3) is 4.29. The monoisotopic (exact) mass is 411 g/mol. The summed E-state index contributed by atoms with van der Waals surface area (Å²) in [6.45, 7) is 0.861. The van der Waals surface area contributed by atoms with Crippen LogP contribution in [0.1, 0.15) is 12.8 Å². The number of nitrogens with one attached hydrogen (secondary N) is 2. The highest BCUT2D eigenvalue weighted by molar-refractivity contribution is 5.97. The van der Waals surface area contributed by atoms with E-state index in [-0.39, 0.29) is 25.4 Å². The van der Waals surface area contributed by atoms with Gasteiger partial charge in [-0.15, -0.1) is 0 Å². The molecule has 0 aromatic heterocycles. The first kappa shape index (κ1) is 19.6.